The summed E-state index contributed by atoms with van der Waals surface area (Å²) in [6.45, 7) is 2.33. The molecule has 0 radical (unpaired) electrons. The first-order valence-corrected chi connectivity index (χ1v) is 8.71. The summed E-state index contributed by atoms with van der Waals surface area (Å²) < 4.78 is 5.75. The lowest BCUT2D eigenvalue weighted by Gasteiger charge is -2.08. The van der Waals surface area contributed by atoms with Crippen molar-refractivity contribution in [3.8, 4) is 5.75 Å². The maximum atomic E-state index is 12.1. The average molecular weight is 380 g/mol. The van der Waals surface area contributed by atoms with E-state index in [4.69, 9.17) is 16.3 Å². The number of aromatic nitrogens is 1. The summed E-state index contributed by atoms with van der Waals surface area (Å²) in [5.41, 5.74) is 5.74. The van der Waals surface area contributed by atoms with Crippen LogP contribution in [0.4, 0.5) is 0 Å². The number of ether oxygens (including phenoxy) is 1. The van der Waals surface area contributed by atoms with Crippen LogP contribution in [0.25, 0.3) is 0 Å². The van der Waals surface area contributed by atoms with Crippen molar-refractivity contribution >= 4 is 23.7 Å². The van der Waals surface area contributed by atoms with Crippen molar-refractivity contribution in [3.63, 3.8) is 0 Å². The molecule has 0 atom stereocenters. The van der Waals surface area contributed by atoms with Crippen LogP contribution in [-0.4, -0.2) is 17.1 Å². The van der Waals surface area contributed by atoms with Crippen LogP contribution in [-0.2, 0) is 6.61 Å². The van der Waals surface area contributed by atoms with Gasteiger partial charge in [-0.1, -0.05) is 29.8 Å². The number of benzene rings is 2. The minimum Gasteiger partial charge on any atom is -0.489 e. The number of halogens is 1. The van der Waals surface area contributed by atoms with Crippen molar-refractivity contribution in [2.75, 3.05) is 0 Å². The van der Waals surface area contributed by atoms with Gasteiger partial charge in [0.2, 0.25) is 0 Å². The van der Waals surface area contributed by atoms with E-state index >= 15 is 0 Å². The molecule has 0 saturated heterocycles. The van der Waals surface area contributed by atoms with Crippen molar-refractivity contribution in [1.29, 1.82) is 0 Å². The fourth-order valence-corrected chi connectivity index (χ4v) is 2.43. The Morgan fingerprint density at radius 2 is 2.04 bits per heavy atom. The van der Waals surface area contributed by atoms with Gasteiger partial charge in [-0.05, 0) is 54.4 Å². The molecule has 5 nitrogen and oxygen atoms in total. The summed E-state index contributed by atoms with van der Waals surface area (Å²) in [6.07, 6.45) is 4.88. The summed E-state index contributed by atoms with van der Waals surface area (Å²) in [7, 11) is 0. The number of pyridine rings is 1. The number of aryl methyl sites for hydroxylation is 1. The van der Waals surface area contributed by atoms with Gasteiger partial charge in [0.15, 0.2) is 0 Å². The molecule has 0 aliphatic heterocycles. The second-order valence-electron chi connectivity index (χ2n) is 5.88. The van der Waals surface area contributed by atoms with Gasteiger partial charge in [-0.2, -0.15) is 5.10 Å². The van der Waals surface area contributed by atoms with E-state index in [-0.39, 0.29) is 5.91 Å². The fourth-order valence-electron chi connectivity index (χ4n) is 2.31. The van der Waals surface area contributed by atoms with E-state index in [9.17, 15) is 4.79 Å². The molecule has 0 fully saturated rings. The Hall–Kier alpha value is -3.18. The molecule has 0 spiro atoms. The van der Waals surface area contributed by atoms with E-state index in [1.54, 1.807) is 36.8 Å². The molecule has 136 valence electrons. The quantitative estimate of drug-likeness (QED) is 0.510. The van der Waals surface area contributed by atoms with E-state index in [0.717, 1.165) is 22.4 Å². The molecule has 1 aromatic heterocycles. The molecule has 6 heteroatoms. The van der Waals surface area contributed by atoms with E-state index in [0.29, 0.717) is 17.2 Å². The molecular weight excluding hydrogens is 362 g/mol. The predicted molar refractivity (Wildman–Crippen MR) is 106 cm³/mol. The first-order valence-electron chi connectivity index (χ1n) is 8.33. The number of hydrazone groups is 1. The third-order valence-corrected chi connectivity index (χ3v) is 4.24. The second-order valence-corrected chi connectivity index (χ2v) is 6.29. The summed E-state index contributed by atoms with van der Waals surface area (Å²) in [6, 6.07) is 16.4. The van der Waals surface area contributed by atoms with Gasteiger partial charge in [-0.25, -0.2) is 5.43 Å². The normalized spacial score (nSPS) is 10.7. The number of nitrogens with zero attached hydrogens (tertiary/aromatic N) is 2. The average Bonchev–Trinajstić information content (AvgIpc) is 2.70. The van der Waals surface area contributed by atoms with Gasteiger partial charge in [0.1, 0.15) is 12.4 Å². The SMILES string of the molecule is Cc1cc(OCc2ccc(C(=O)N/N=C\c3cccnc3)cc2)ccc1Cl. The molecular formula is C21H18ClN3O2. The summed E-state index contributed by atoms with van der Waals surface area (Å²) in [5, 5.41) is 4.64. The number of rotatable bonds is 6. The highest BCUT2D eigenvalue weighted by Crippen LogP contribution is 2.21. The van der Waals surface area contributed by atoms with Crippen LogP contribution in [0, 0.1) is 6.92 Å². The Morgan fingerprint density at radius 3 is 2.74 bits per heavy atom. The highest BCUT2D eigenvalue weighted by atomic mass is 35.5. The van der Waals surface area contributed by atoms with Crippen LogP contribution in [0.1, 0.15) is 27.0 Å². The van der Waals surface area contributed by atoms with Crippen molar-refractivity contribution in [2.45, 2.75) is 13.5 Å². The van der Waals surface area contributed by atoms with Crippen LogP contribution in [0.15, 0.2) is 72.1 Å². The zero-order valence-electron chi connectivity index (χ0n) is 14.7. The number of carbonyl (C=O) groups excluding carboxylic acids is 1. The van der Waals surface area contributed by atoms with Crippen LogP contribution < -0.4 is 10.2 Å². The maximum absolute atomic E-state index is 12.1. The zero-order valence-corrected chi connectivity index (χ0v) is 15.5. The van der Waals surface area contributed by atoms with Gasteiger partial charge in [-0.3, -0.25) is 9.78 Å². The number of hydrogen-bond donors (Lipinski definition) is 1. The Balaban J connectivity index is 1.53. The van der Waals surface area contributed by atoms with Gasteiger partial charge >= 0.3 is 0 Å². The molecule has 0 unspecified atom stereocenters. The van der Waals surface area contributed by atoms with Crippen LogP contribution in [0.2, 0.25) is 5.02 Å². The van der Waals surface area contributed by atoms with Crippen molar-refractivity contribution in [2.24, 2.45) is 5.10 Å². The van der Waals surface area contributed by atoms with Gasteiger partial charge in [0.05, 0.1) is 6.21 Å². The smallest absolute Gasteiger partial charge is 0.271 e. The number of nitrogens with one attached hydrogen (secondary N) is 1. The second kappa shape index (κ2) is 8.96. The van der Waals surface area contributed by atoms with Gasteiger partial charge in [-0.15, -0.1) is 0 Å². The Morgan fingerprint density at radius 1 is 1.22 bits per heavy atom. The summed E-state index contributed by atoms with van der Waals surface area (Å²) >= 11 is 6.01. The Kier molecular flexibility index (Phi) is 6.18. The van der Waals surface area contributed by atoms with Gasteiger partial charge in [0, 0.05) is 28.5 Å². The molecule has 0 aliphatic rings. The van der Waals surface area contributed by atoms with Crippen molar-refractivity contribution in [3.05, 3.63) is 94.3 Å². The molecule has 2 aromatic carbocycles. The lowest BCUT2D eigenvalue weighted by molar-refractivity contribution is 0.0955. The number of amides is 1. The standard InChI is InChI=1S/C21H18ClN3O2/c1-15-11-19(8-9-20(15)22)27-14-16-4-6-18(7-5-16)21(26)25-24-13-17-3-2-10-23-12-17/h2-13H,14H2,1H3,(H,25,26)/b24-13-. The molecule has 3 rings (SSSR count). The lowest BCUT2D eigenvalue weighted by Crippen LogP contribution is -2.17. The van der Waals surface area contributed by atoms with Crippen molar-refractivity contribution < 1.29 is 9.53 Å². The molecule has 1 N–H and O–H groups in total. The fraction of sp³-hybridized carbons (Fsp3) is 0.0952. The predicted octanol–water partition coefficient (Wildman–Crippen LogP) is 4.39. The van der Waals surface area contributed by atoms with Crippen molar-refractivity contribution in [1.82, 2.24) is 10.4 Å². The zero-order chi connectivity index (χ0) is 19.1. The Labute approximate surface area is 162 Å². The molecule has 3 aromatic rings. The summed E-state index contributed by atoms with van der Waals surface area (Å²) in [4.78, 5) is 16.1. The third kappa shape index (κ3) is 5.39. The monoisotopic (exact) mass is 379 g/mol. The number of carbonyl (C=O) groups is 1. The summed E-state index contributed by atoms with van der Waals surface area (Å²) in [5.74, 6) is 0.472. The molecule has 0 bridgehead atoms. The highest BCUT2D eigenvalue weighted by molar-refractivity contribution is 6.31. The topological polar surface area (TPSA) is 63.6 Å². The largest absolute Gasteiger partial charge is 0.489 e. The lowest BCUT2D eigenvalue weighted by atomic mass is 10.1. The minimum absolute atomic E-state index is 0.282. The van der Waals surface area contributed by atoms with E-state index < -0.39 is 0 Å². The van der Waals surface area contributed by atoms with E-state index in [1.807, 2.05) is 43.3 Å². The van der Waals surface area contributed by atoms with Gasteiger partial charge < -0.3 is 4.74 Å². The Bertz CT molecular complexity index is 941. The van der Waals surface area contributed by atoms with E-state index in [2.05, 4.69) is 15.5 Å². The first kappa shape index (κ1) is 18.6. The third-order valence-electron chi connectivity index (χ3n) is 3.82. The molecule has 0 aliphatic carbocycles. The molecule has 1 amide bonds. The van der Waals surface area contributed by atoms with Gasteiger partial charge in [0.25, 0.3) is 5.91 Å². The molecule has 0 saturated carbocycles. The highest BCUT2D eigenvalue weighted by Gasteiger charge is 2.05. The number of hydrogen-bond acceptors (Lipinski definition) is 4. The maximum Gasteiger partial charge on any atom is 0.271 e. The first-order chi connectivity index (χ1) is 13.1. The molecule has 1 heterocycles. The van der Waals surface area contributed by atoms with Crippen LogP contribution >= 0.6 is 11.6 Å². The van der Waals surface area contributed by atoms with Crippen LogP contribution in [0.5, 0.6) is 5.75 Å². The molecule has 27 heavy (non-hydrogen) atoms. The van der Waals surface area contributed by atoms with E-state index in [1.165, 1.54) is 0 Å². The minimum atomic E-state index is -0.282. The van der Waals surface area contributed by atoms with Crippen LogP contribution in [0.3, 0.4) is 0 Å².